The van der Waals surface area contributed by atoms with E-state index in [1.165, 1.54) is 128 Å². The van der Waals surface area contributed by atoms with Gasteiger partial charge in [0.15, 0.2) is 0 Å². The average Bonchev–Trinajstić information content (AvgIpc) is 3.34. The van der Waals surface area contributed by atoms with Crippen LogP contribution in [0.3, 0.4) is 0 Å². The van der Waals surface area contributed by atoms with Crippen molar-refractivity contribution in [3.05, 3.63) is 55.6 Å². The molecule has 0 unspecified atom stereocenters. The summed E-state index contributed by atoms with van der Waals surface area (Å²) < 4.78 is 0. The second-order valence-corrected chi connectivity index (χ2v) is 12.3. The van der Waals surface area contributed by atoms with Gasteiger partial charge in [0.1, 0.15) is 0 Å². The molecule has 0 radical (unpaired) electrons. The molecule has 0 saturated heterocycles. The smallest absolute Gasteiger partial charge is 0.192 e. The van der Waals surface area contributed by atoms with E-state index >= 15 is 0 Å². The summed E-state index contributed by atoms with van der Waals surface area (Å²) in [5.41, 5.74) is 17.5. The summed E-state index contributed by atoms with van der Waals surface area (Å²) in [6.07, 6.45) is 25.8. The summed E-state index contributed by atoms with van der Waals surface area (Å²) in [7, 11) is 0. The van der Waals surface area contributed by atoms with Gasteiger partial charge in [-0.1, -0.05) is 198 Å². The molecule has 0 saturated carbocycles. The van der Waals surface area contributed by atoms with E-state index in [1.807, 2.05) is 0 Å². The van der Waals surface area contributed by atoms with Gasteiger partial charge in [0.2, 0.25) is 0 Å². The fourth-order valence-corrected chi connectivity index (χ4v) is 7.34. The molecular weight excluding hydrogens is 536 g/mol. The van der Waals surface area contributed by atoms with E-state index in [2.05, 4.69) is 69.2 Å². The number of hydrogen-bond donors (Lipinski definition) is 0. The van der Waals surface area contributed by atoms with Gasteiger partial charge in [-0.2, -0.15) is 55.6 Å². The van der Waals surface area contributed by atoms with Gasteiger partial charge in [0, 0.05) is 0 Å². The van der Waals surface area contributed by atoms with Crippen molar-refractivity contribution in [1.82, 2.24) is 0 Å². The maximum absolute atomic E-state index is 2.33. The third kappa shape index (κ3) is 11.3. The molecule has 1 heteroatoms. The van der Waals surface area contributed by atoms with Gasteiger partial charge in [-0.3, -0.25) is 0 Å². The first-order valence-corrected chi connectivity index (χ1v) is 18.1. The fourth-order valence-electron chi connectivity index (χ4n) is 7.34. The predicted molar refractivity (Wildman–Crippen MR) is 184 cm³/mol. The topological polar surface area (TPSA) is 0 Å². The molecule has 0 aliphatic heterocycles. The first-order valence-electron chi connectivity index (χ1n) is 18.1. The van der Waals surface area contributed by atoms with Crippen molar-refractivity contribution in [3.63, 3.8) is 0 Å². The van der Waals surface area contributed by atoms with E-state index in [-0.39, 0.29) is 17.1 Å². The van der Waals surface area contributed by atoms with Gasteiger partial charge in [-0.15, -0.1) is 0 Å². The molecule has 238 valence electrons. The summed E-state index contributed by atoms with van der Waals surface area (Å²) in [5, 5.41) is 0. The zero-order chi connectivity index (χ0) is 29.9. The van der Waals surface area contributed by atoms with Gasteiger partial charge in [0.25, 0.3) is 0 Å². The van der Waals surface area contributed by atoms with Crippen LogP contribution < -0.4 is 0 Å². The van der Waals surface area contributed by atoms with E-state index in [0.29, 0.717) is 0 Å². The van der Waals surface area contributed by atoms with Crippen molar-refractivity contribution in [2.24, 2.45) is 0 Å². The molecule has 0 N–H and O–H groups in total. The summed E-state index contributed by atoms with van der Waals surface area (Å²) in [4.78, 5) is 0. The molecule has 0 atom stereocenters. The summed E-state index contributed by atoms with van der Waals surface area (Å²) in [6.45, 7) is 23.3. The molecule has 0 fully saturated rings. The van der Waals surface area contributed by atoms with E-state index in [1.54, 1.807) is 55.6 Å². The molecule has 0 nitrogen and oxygen atoms in total. The minimum atomic E-state index is 0. The van der Waals surface area contributed by atoms with Crippen molar-refractivity contribution in [1.29, 1.82) is 0 Å². The second-order valence-electron chi connectivity index (χ2n) is 12.3. The van der Waals surface area contributed by atoms with Crippen molar-refractivity contribution in [2.45, 2.75) is 198 Å². The van der Waals surface area contributed by atoms with Gasteiger partial charge < -0.3 is 0 Å². The van der Waals surface area contributed by atoms with Crippen LogP contribution in [0.4, 0.5) is 0 Å². The van der Waals surface area contributed by atoms with E-state index in [4.69, 9.17) is 0 Å². The molecule has 0 aromatic heterocycles. The summed E-state index contributed by atoms with van der Waals surface area (Å²) in [5.74, 6) is 0. The van der Waals surface area contributed by atoms with Crippen molar-refractivity contribution < 1.29 is 17.1 Å². The molecule has 0 spiro atoms. The quantitative estimate of drug-likeness (QED) is 0.104. The molecule has 0 amide bonds. The minimum absolute atomic E-state index is 0. The largest absolute Gasteiger partial charge is 2.00 e. The maximum Gasteiger partial charge on any atom is 2.00 e. The zero-order valence-corrected chi connectivity index (χ0v) is 30.6. The van der Waals surface area contributed by atoms with Crippen LogP contribution in [0.1, 0.15) is 189 Å². The zero-order valence-electron chi connectivity index (χ0n) is 29.5. The van der Waals surface area contributed by atoms with Crippen molar-refractivity contribution in [2.75, 3.05) is 0 Å². The molecule has 2 rings (SSSR count). The molecule has 0 aliphatic rings. The standard InChI is InChI=1S/2C20H35.Fe/c2*1-6-11-16-17(12-7-2)19(14-9-4)20(15-10-5)18(16)13-8-3;/h2*6-15H2,1-5H3;/q2*-1;+2. The number of rotatable bonds is 20. The Kier molecular flexibility index (Phi) is 23.2. The maximum atomic E-state index is 2.33. The SMILES string of the molecule is CCCc1c(CCC)c(CCC)[c-](CCC)c1CCC.CCCc1c(CCC)c(CCC)[c-](CCC)c1CCC.[Fe+2]. The van der Waals surface area contributed by atoms with Crippen LogP contribution in [0.2, 0.25) is 0 Å². The Bertz CT molecular complexity index is 638. The van der Waals surface area contributed by atoms with Crippen LogP contribution in [-0.2, 0) is 81.3 Å². The van der Waals surface area contributed by atoms with Crippen LogP contribution in [-0.4, -0.2) is 0 Å². The van der Waals surface area contributed by atoms with Crippen LogP contribution in [0.5, 0.6) is 0 Å². The average molecular weight is 607 g/mol. The first-order chi connectivity index (χ1) is 19.5. The van der Waals surface area contributed by atoms with Crippen LogP contribution >= 0.6 is 0 Å². The third-order valence-electron chi connectivity index (χ3n) is 8.64. The van der Waals surface area contributed by atoms with E-state index < -0.39 is 0 Å². The molecular formula is C40H70Fe. The first kappa shape index (κ1) is 40.2. The van der Waals surface area contributed by atoms with Gasteiger partial charge in [-0.25, -0.2) is 0 Å². The molecule has 0 bridgehead atoms. The monoisotopic (exact) mass is 606 g/mol. The Labute approximate surface area is 269 Å². The van der Waals surface area contributed by atoms with Gasteiger partial charge in [0.05, 0.1) is 0 Å². The second kappa shape index (κ2) is 23.6. The fraction of sp³-hybridized carbons (Fsp3) is 0.750. The molecule has 2 aromatic rings. The Morgan fingerprint density at radius 2 is 0.488 bits per heavy atom. The molecule has 2 aromatic carbocycles. The molecule has 0 heterocycles. The Balaban J connectivity index is 0.000000762. The predicted octanol–water partition coefficient (Wildman–Crippen LogP) is 12.3. The van der Waals surface area contributed by atoms with E-state index in [0.717, 1.165) is 0 Å². The van der Waals surface area contributed by atoms with Crippen molar-refractivity contribution >= 4 is 0 Å². The Morgan fingerprint density at radius 3 is 0.634 bits per heavy atom. The number of hydrogen-bond acceptors (Lipinski definition) is 0. The Hall–Kier alpha value is -0.781. The molecule has 0 aliphatic carbocycles. The molecule has 41 heavy (non-hydrogen) atoms. The van der Waals surface area contributed by atoms with Crippen LogP contribution in [0, 0.1) is 0 Å². The summed E-state index contributed by atoms with van der Waals surface area (Å²) >= 11 is 0. The van der Waals surface area contributed by atoms with Crippen LogP contribution in [0.15, 0.2) is 0 Å². The van der Waals surface area contributed by atoms with E-state index in [9.17, 15) is 0 Å². The third-order valence-corrected chi connectivity index (χ3v) is 8.64. The van der Waals surface area contributed by atoms with Gasteiger partial charge in [-0.05, 0) is 0 Å². The normalized spacial score (nSPS) is 11.0. The minimum Gasteiger partial charge on any atom is -0.192 e. The van der Waals surface area contributed by atoms with Crippen molar-refractivity contribution in [3.8, 4) is 0 Å². The van der Waals surface area contributed by atoms with Crippen LogP contribution in [0.25, 0.3) is 0 Å². The Morgan fingerprint density at radius 1 is 0.293 bits per heavy atom. The summed E-state index contributed by atoms with van der Waals surface area (Å²) in [6, 6.07) is 0. The van der Waals surface area contributed by atoms with Gasteiger partial charge >= 0.3 is 17.1 Å².